The zero-order valence-electron chi connectivity index (χ0n) is 12.3. The van der Waals surface area contributed by atoms with Gasteiger partial charge in [-0.3, -0.25) is 4.79 Å². The first-order chi connectivity index (χ1) is 9.33. The van der Waals surface area contributed by atoms with E-state index < -0.39 is 16.1 Å². The van der Waals surface area contributed by atoms with Gasteiger partial charge in [0.1, 0.15) is 0 Å². The number of nitrogens with zero attached hydrogens (tertiary/aromatic N) is 1. The number of piperidine rings is 1. The van der Waals surface area contributed by atoms with E-state index in [0.717, 1.165) is 19.1 Å². The summed E-state index contributed by atoms with van der Waals surface area (Å²) < 4.78 is 35.1. The fourth-order valence-electron chi connectivity index (χ4n) is 2.22. The molecule has 1 N–H and O–H groups in total. The van der Waals surface area contributed by atoms with Crippen LogP contribution in [0.1, 0.15) is 19.8 Å². The SMILES string of the molecule is COCCOC1CCCN(C(=O)C(C)NS(C)(=O)=O)C1. The second-order valence-corrected chi connectivity index (χ2v) is 6.80. The predicted octanol–water partition coefficient (Wildman–Crippen LogP) is -0.422. The number of hydrogen-bond donors (Lipinski definition) is 1. The van der Waals surface area contributed by atoms with E-state index in [2.05, 4.69) is 4.72 Å². The molecule has 20 heavy (non-hydrogen) atoms. The van der Waals surface area contributed by atoms with Crippen LogP contribution in [0.4, 0.5) is 0 Å². The summed E-state index contributed by atoms with van der Waals surface area (Å²) in [6.45, 7) is 3.71. The number of amides is 1. The van der Waals surface area contributed by atoms with E-state index in [9.17, 15) is 13.2 Å². The zero-order valence-corrected chi connectivity index (χ0v) is 13.1. The molecule has 0 radical (unpaired) electrons. The van der Waals surface area contributed by atoms with Crippen molar-refractivity contribution >= 4 is 15.9 Å². The van der Waals surface area contributed by atoms with Crippen molar-refractivity contribution in [3.63, 3.8) is 0 Å². The Kier molecular flexibility index (Phi) is 6.87. The number of rotatable bonds is 7. The van der Waals surface area contributed by atoms with Crippen molar-refractivity contribution in [2.45, 2.75) is 31.9 Å². The Morgan fingerprint density at radius 1 is 1.45 bits per heavy atom. The summed E-state index contributed by atoms with van der Waals surface area (Å²) in [4.78, 5) is 13.8. The van der Waals surface area contributed by atoms with Crippen LogP contribution in [0.2, 0.25) is 0 Å². The van der Waals surface area contributed by atoms with E-state index in [4.69, 9.17) is 9.47 Å². The quantitative estimate of drug-likeness (QED) is 0.646. The number of hydrogen-bond acceptors (Lipinski definition) is 5. The Balaban J connectivity index is 2.47. The highest BCUT2D eigenvalue weighted by molar-refractivity contribution is 7.88. The summed E-state index contributed by atoms with van der Waals surface area (Å²) in [5.41, 5.74) is 0. The van der Waals surface area contributed by atoms with Gasteiger partial charge in [-0.2, -0.15) is 0 Å². The van der Waals surface area contributed by atoms with Gasteiger partial charge in [-0.15, -0.1) is 0 Å². The van der Waals surface area contributed by atoms with Gasteiger partial charge in [0.15, 0.2) is 0 Å². The molecule has 0 aliphatic carbocycles. The zero-order chi connectivity index (χ0) is 15.2. The molecule has 0 bridgehead atoms. The second-order valence-electron chi connectivity index (χ2n) is 5.02. The summed E-state index contributed by atoms with van der Waals surface area (Å²) in [5, 5.41) is 0. The highest BCUT2D eigenvalue weighted by Gasteiger charge is 2.28. The maximum Gasteiger partial charge on any atom is 0.240 e. The fourth-order valence-corrected chi connectivity index (χ4v) is 2.96. The molecule has 0 aromatic rings. The lowest BCUT2D eigenvalue weighted by atomic mass is 10.1. The molecule has 1 saturated heterocycles. The molecule has 1 heterocycles. The minimum Gasteiger partial charge on any atom is -0.382 e. The monoisotopic (exact) mass is 308 g/mol. The third kappa shape index (κ3) is 6.17. The van der Waals surface area contributed by atoms with E-state index in [1.807, 2.05) is 0 Å². The van der Waals surface area contributed by atoms with Crippen LogP contribution in [0.25, 0.3) is 0 Å². The van der Waals surface area contributed by atoms with Gasteiger partial charge in [-0.05, 0) is 19.8 Å². The van der Waals surface area contributed by atoms with Crippen molar-refractivity contribution in [1.82, 2.24) is 9.62 Å². The average molecular weight is 308 g/mol. The fraction of sp³-hybridized carbons (Fsp3) is 0.917. The minimum absolute atomic E-state index is 0.00622. The van der Waals surface area contributed by atoms with Crippen molar-refractivity contribution in [3.05, 3.63) is 0 Å². The van der Waals surface area contributed by atoms with Crippen LogP contribution in [0.3, 0.4) is 0 Å². The summed E-state index contributed by atoms with van der Waals surface area (Å²) in [6.07, 6.45) is 2.80. The molecule has 1 aliphatic rings. The summed E-state index contributed by atoms with van der Waals surface area (Å²) in [5.74, 6) is -0.213. The highest BCUT2D eigenvalue weighted by atomic mass is 32.2. The van der Waals surface area contributed by atoms with Crippen LogP contribution in [-0.4, -0.2) is 71.0 Å². The Hall–Kier alpha value is -0.700. The first kappa shape index (κ1) is 17.4. The number of methoxy groups -OCH3 is 1. The number of sulfonamides is 1. The number of likely N-dealkylation sites (tertiary alicyclic amines) is 1. The molecule has 1 fully saturated rings. The summed E-state index contributed by atoms with van der Waals surface area (Å²) in [6, 6.07) is -0.747. The molecule has 7 nitrogen and oxygen atoms in total. The highest BCUT2D eigenvalue weighted by Crippen LogP contribution is 2.14. The standard InChI is InChI=1S/C12H24N2O5S/c1-10(13-20(3,16)17)12(15)14-6-4-5-11(9-14)19-8-7-18-2/h10-11,13H,4-9H2,1-3H3. The second kappa shape index (κ2) is 7.92. The maximum absolute atomic E-state index is 12.2. The molecular weight excluding hydrogens is 284 g/mol. The number of carbonyl (C=O) groups excluding carboxylic acids is 1. The van der Waals surface area contributed by atoms with Crippen LogP contribution < -0.4 is 4.72 Å². The maximum atomic E-state index is 12.2. The molecule has 1 rings (SSSR count). The molecule has 8 heteroatoms. The Morgan fingerprint density at radius 2 is 2.15 bits per heavy atom. The third-order valence-electron chi connectivity index (χ3n) is 3.09. The first-order valence-corrected chi connectivity index (χ1v) is 8.59. The molecule has 1 amide bonds. The predicted molar refractivity (Wildman–Crippen MR) is 74.9 cm³/mol. The first-order valence-electron chi connectivity index (χ1n) is 6.70. The lowest BCUT2D eigenvalue weighted by molar-refractivity contribution is -0.137. The van der Waals surface area contributed by atoms with Crippen molar-refractivity contribution in [2.24, 2.45) is 0 Å². The number of nitrogens with one attached hydrogen (secondary N) is 1. The molecule has 0 aromatic carbocycles. The average Bonchev–Trinajstić information content (AvgIpc) is 2.36. The molecule has 0 aromatic heterocycles. The Labute approximate surface area is 120 Å². The van der Waals surface area contributed by atoms with Crippen molar-refractivity contribution in [1.29, 1.82) is 0 Å². The van der Waals surface area contributed by atoms with Gasteiger partial charge in [0, 0.05) is 20.2 Å². The normalized spacial score (nSPS) is 21.8. The van der Waals surface area contributed by atoms with Crippen molar-refractivity contribution in [3.8, 4) is 0 Å². The summed E-state index contributed by atoms with van der Waals surface area (Å²) >= 11 is 0. The van der Waals surface area contributed by atoms with Gasteiger partial charge < -0.3 is 14.4 Å². The Bertz CT molecular complexity index is 412. The van der Waals surface area contributed by atoms with Crippen LogP contribution in [0.15, 0.2) is 0 Å². The van der Waals surface area contributed by atoms with Gasteiger partial charge in [-0.25, -0.2) is 13.1 Å². The van der Waals surface area contributed by atoms with Crippen LogP contribution >= 0.6 is 0 Å². The molecule has 0 spiro atoms. The lowest BCUT2D eigenvalue weighted by Gasteiger charge is -2.34. The smallest absolute Gasteiger partial charge is 0.240 e. The number of carbonyl (C=O) groups is 1. The van der Waals surface area contributed by atoms with Crippen molar-refractivity contribution in [2.75, 3.05) is 39.7 Å². The van der Waals surface area contributed by atoms with Crippen molar-refractivity contribution < 1.29 is 22.7 Å². The van der Waals surface area contributed by atoms with Gasteiger partial charge in [0.05, 0.1) is 31.6 Å². The topological polar surface area (TPSA) is 84.9 Å². The van der Waals surface area contributed by atoms with Crippen LogP contribution in [-0.2, 0) is 24.3 Å². The number of ether oxygens (including phenoxy) is 2. The van der Waals surface area contributed by atoms with Crippen LogP contribution in [0.5, 0.6) is 0 Å². The minimum atomic E-state index is -3.38. The Morgan fingerprint density at radius 3 is 2.75 bits per heavy atom. The van der Waals surface area contributed by atoms with E-state index in [-0.39, 0.29) is 12.0 Å². The molecule has 2 unspecified atom stereocenters. The van der Waals surface area contributed by atoms with E-state index in [0.29, 0.717) is 26.3 Å². The molecule has 2 atom stereocenters. The van der Waals surface area contributed by atoms with Crippen LogP contribution in [0, 0.1) is 0 Å². The summed E-state index contributed by atoms with van der Waals surface area (Å²) in [7, 11) is -1.77. The molecule has 0 saturated carbocycles. The van der Waals surface area contributed by atoms with E-state index in [1.165, 1.54) is 0 Å². The largest absolute Gasteiger partial charge is 0.382 e. The molecule has 1 aliphatic heterocycles. The molecule has 118 valence electrons. The van der Waals surface area contributed by atoms with E-state index >= 15 is 0 Å². The van der Waals surface area contributed by atoms with Gasteiger partial charge in [0.2, 0.25) is 15.9 Å². The van der Waals surface area contributed by atoms with Gasteiger partial charge >= 0.3 is 0 Å². The third-order valence-corrected chi connectivity index (χ3v) is 3.87. The van der Waals surface area contributed by atoms with Gasteiger partial charge in [0.25, 0.3) is 0 Å². The van der Waals surface area contributed by atoms with Gasteiger partial charge in [-0.1, -0.05) is 0 Å². The molecular formula is C12H24N2O5S. The van der Waals surface area contributed by atoms with E-state index in [1.54, 1.807) is 18.9 Å². The lowest BCUT2D eigenvalue weighted by Crippen LogP contribution is -2.51.